The molecule has 0 aliphatic rings. The van der Waals surface area contributed by atoms with Crippen LogP contribution in [-0.2, 0) is 14.3 Å². The second kappa shape index (κ2) is 64.1. The topological polar surface area (TPSA) is 95.9 Å². The minimum atomic E-state index is -0.842. The summed E-state index contributed by atoms with van der Waals surface area (Å²) in [6, 6.07) is -0.626. The molecule has 0 aromatic heterocycles. The summed E-state index contributed by atoms with van der Waals surface area (Å²) in [5.74, 6) is -0.0684. The van der Waals surface area contributed by atoms with Gasteiger partial charge in [0.05, 0.1) is 25.4 Å². The molecule has 0 aromatic carbocycles. The van der Waals surface area contributed by atoms with Crippen LogP contribution in [-0.4, -0.2) is 47.4 Å². The molecule has 0 rings (SSSR count). The van der Waals surface area contributed by atoms with Crippen LogP contribution >= 0.6 is 0 Å². The number of amides is 1. The average Bonchev–Trinajstić information content (AvgIpc) is 3.41. The molecule has 0 fully saturated rings. The highest BCUT2D eigenvalue weighted by Crippen LogP contribution is 2.17. The molecular formula is C69H127NO5. The van der Waals surface area contributed by atoms with Crippen molar-refractivity contribution in [1.29, 1.82) is 0 Å². The van der Waals surface area contributed by atoms with Gasteiger partial charge in [-0.25, -0.2) is 0 Å². The van der Waals surface area contributed by atoms with Crippen LogP contribution < -0.4 is 5.32 Å². The minimum Gasteiger partial charge on any atom is -0.466 e. The van der Waals surface area contributed by atoms with Gasteiger partial charge >= 0.3 is 5.97 Å². The molecule has 6 nitrogen and oxygen atoms in total. The van der Waals surface area contributed by atoms with Gasteiger partial charge in [-0.2, -0.15) is 0 Å². The molecule has 1 amide bonds. The highest BCUT2D eigenvalue weighted by Gasteiger charge is 2.18. The van der Waals surface area contributed by atoms with Gasteiger partial charge in [-0.15, -0.1) is 0 Å². The van der Waals surface area contributed by atoms with Crippen LogP contribution in [0.2, 0.25) is 0 Å². The molecule has 0 heterocycles. The van der Waals surface area contributed by atoms with Crippen molar-refractivity contribution in [3.8, 4) is 0 Å². The number of hydrogen-bond acceptors (Lipinski definition) is 5. The van der Waals surface area contributed by atoms with Crippen molar-refractivity contribution in [2.24, 2.45) is 0 Å². The molecule has 75 heavy (non-hydrogen) atoms. The Morgan fingerprint density at radius 1 is 0.373 bits per heavy atom. The molecule has 0 bridgehead atoms. The zero-order valence-corrected chi connectivity index (χ0v) is 50.0. The molecular weight excluding hydrogens is 923 g/mol. The van der Waals surface area contributed by atoms with Gasteiger partial charge < -0.3 is 20.3 Å². The normalized spacial score (nSPS) is 13.0. The van der Waals surface area contributed by atoms with E-state index >= 15 is 0 Å². The standard InChI is InChI=1S/C69H127NO5/c1-3-5-7-9-11-13-15-16-39-43-47-51-55-59-63-69(74)75-64-60-56-52-48-44-40-37-35-33-31-29-27-25-23-21-19-17-18-20-22-24-26-28-30-32-34-36-38-42-46-50-54-58-62-68(73)70-66(65-71)67(72)61-57-53-49-45-41-14-12-10-8-6-4-2/h9,11,15-16,21,23,27,29,57,61,66-67,71-72H,3-8,10,12-14,17-20,22,24-26,28,30-56,58-60,62-65H2,1-2H3,(H,70,73)/b11-9-,16-15-,23-21-,29-27-,61-57+. The minimum absolute atomic E-state index is 0.00126. The summed E-state index contributed by atoms with van der Waals surface area (Å²) in [5.41, 5.74) is 0. The highest BCUT2D eigenvalue weighted by atomic mass is 16.5. The number of nitrogens with one attached hydrogen (secondary N) is 1. The Kier molecular flexibility index (Phi) is 62.0. The van der Waals surface area contributed by atoms with E-state index < -0.39 is 12.1 Å². The molecule has 0 aromatic rings. The molecule has 6 heteroatoms. The van der Waals surface area contributed by atoms with Gasteiger partial charge in [-0.1, -0.05) is 299 Å². The molecule has 0 saturated heterocycles. The third kappa shape index (κ3) is 60.6. The first kappa shape index (κ1) is 72.6. The summed E-state index contributed by atoms with van der Waals surface area (Å²) in [7, 11) is 0. The summed E-state index contributed by atoms with van der Waals surface area (Å²) < 4.78 is 5.47. The van der Waals surface area contributed by atoms with Gasteiger partial charge in [0.2, 0.25) is 5.91 Å². The fourth-order valence-electron chi connectivity index (χ4n) is 9.92. The third-order valence-corrected chi connectivity index (χ3v) is 15.0. The predicted octanol–water partition coefficient (Wildman–Crippen LogP) is 21.1. The van der Waals surface area contributed by atoms with E-state index in [4.69, 9.17) is 4.74 Å². The maximum absolute atomic E-state index is 12.4. The first-order valence-electron chi connectivity index (χ1n) is 33.1. The Balaban J connectivity index is 3.39. The molecule has 438 valence electrons. The van der Waals surface area contributed by atoms with Crippen molar-refractivity contribution in [1.82, 2.24) is 5.32 Å². The van der Waals surface area contributed by atoms with E-state index in [2.05, 4.69) is 67.8 Å². The van der Waals surface area contributed by atoms with E-state index in [1.165, 1.54) is 257 Å². The molecule has 3 N–H and O–H groups in total. The molecule has 0 spiro atoms. The van der Waals surface area contributed by atoms with Crippen LogP contribution in [0.4, 0.5) is 0 Å². The molecule has 2 unspecified atom stereocenters. The molecule has 0 aliphatic carbocycles. The van der Waals surface area contributed by atoms with Crippen molar-refractivity contribution in [2.45, 2.75) is 353 Å². The Hall–Kier alpha value is -2.44. The fourth-order valence-corrected chi connectivity index (χ4v) is 9.92. The SMILES string of the molecule is CCCC/C=C\C/C=C\CCCCCCCC(=O)OCCCCCCCCCCC/C=C\C/C=C\CCCCCCCCCCCCCCCCCCCC(=O)NC(CO)C(O)/C=C/CCCCCCCCCCC. The Bertz CT molecular complexity index is 1300. The number of unbranched alkanes of at least 4 members (excludes halogenated alkanes) is 42. The first-order chi connectivity index (χ1) is 37.0. The summed E-state index contributed by atoms with van der Waals surface area (Å²) in [4.78, 5) is 24.5. The number of hydrogen-bond donors (Lipinski definition) is 3. The first-order valence-corrected chi connectivity index (χ1v) is 33.1. The largest absolute Gasteiger partial charge is 0.466 e. The number of carbonyl (C=O) groups is 2. The van der Waals surface area contributed by atoms with Crippen molar-refractivity contribution in [3.63, 3.8) is 0 Å². The lowest BCUT2D eigenvalue weighted by molar-refractivity contribution is -0.143. The van der Waals surface area contributed by atoms with E-state index in [0.717, 1.165) is 57.8 Å². The smallest absolute Gasteiger partial charge is 0.305 e. The van der Waals surface area contributed by atoms with E-state index in [0.29, 0.717) is 19.4 Å². The van der Waals surface area contributed by atoms with Gasteiger partial charge in [-0.05, 0) is 89.9 Å². The molecule has 0 radical (unpaired) electrons. The lowest BCUT2D eigenvalue weighted by atomic mass is 10.0. The van der Waals surface area contributed by atoms with E-state index in [9.17, 15) is 19.8 Å². The zero-order valence-electron chi connectivity index (χ0n) is 50.0. The zero-order chi connectivity index (χ0) is 54.3. The fraction of sp³-hybridized carbons (Fsp3) is 0.826. The second-order valence-electron chi connectivity index (χ2n) is 22.4. The maximum atomic E-state index is 12.4. The van der Waals surface area contributed by atoms with Crippen LogP contribution in [0.25, 0.3) is 0 Å². The number of carbonyl (C=O) groups excluding carboxylic acids is 2. The Morgan fingerprint density at radius 2 is 0.680 bits per heavy atom. The van der Waals surface area contributed by atoms with Gasteiger partial charge in [0.25, 0.3) is 0 Å². The number of aliphatic hydroxyl groups excluding tert-OH is 2. The lowest BCUT2D eigenvalue weighted by Crippen LogP contribution is -2.45. The van der Waals surface area contributed by atoms with Crippen LogP contribution in [0.15, 0.2) is 60.8 Å². The van der Waals surface area contributed by atoms with E-state index in [-0.39, 0.29) is 18.5 Å². The van der Waals surface area contributed by atoms with Crippen molar-refractivity contribution in [3.05, 3.63) is 60.8 Å². The predicted molar refractivity (Wildman–Crippen MR) is 328 cm³/mol. The monoisotopic (exact) mass is 1050 g/mol. The van der Waals surface area contributed by atoms with Gasteiger partial charge in [0.1, 0.15) is 0 Å². The second-order valence-corrected chi connectivity index (χ2v) is 22.4. The Morgan fingerprint density at radius 3 is 1.05 bits per heavy atom. The number of esters is 1. The number of rotatable bonds is 61. The van der Waals surface area contributed by atoms with Crippen molar-refractivity contribution in [2.75, 3.05) is 13.2 Å². The third-order valence-electron chi connectivity index (χ3n) is 15.0. The summed E-state index contributed by atoms with van der Waals surface area (Å²) in [6.07, 6.45) is 84.4. The molecule has 0 saturated carbocycles. The number of aliphatic hydroxyl groups is 2. The highest BCUT2D eigenvalue weighted by molar-refractivity contribution is 5.76. The summed E-state index contributed by atoms with van der Waals surface area (Å²) in [6.45, 7) is 4.85. The summed E-state index contributed by atoms with van der Waals surface area (Å²) in [5, 5.41) is 23.0. The van der Waals surface area contributed by atoms with E-state index in [1.807, 2.05) is 6.08 Å². The van der Waals surface area contributed by atoms with E-state index in [1.54, 1.807) is 6.08 Å². The van der Waals surface area contributed by atoms with Crippen LogP contribution in [0.5, 0.6) is 0 Å². The van der Waals surface area contributed by atoms with Crippen LogP contribution in [0.3, 0.4) is 0 Å². The number of ether oxygens (including phenoxy) is 1. The average molecular weight is 1050 g/mol. The van der Waals surface area contributed by atoms with Gasteiger partial charge in [0, 0.05) is 12.8 Å². The van der Waals surface area contributed by atoms with Crippen molar-refractivity contribution < 1.29 is 24.5 Å². The van der Waals surface area contributed by atoms with Gasteiger partial charge in [0.15, 0.2) is 0 Å². The lowest BCUT2D eigenvalue weighted by Gasteiger charge is -2.20. The van der Waals surface area contributed by atoms with Crippen molar-refractivity contribution >= 4 is 11.9 Å². The quantitative estimate of drug-likeness (QED) is 0.0320. The summed E-state index contributed by atoms with van der Waals surface area (Å²) >= 11 is 0. The molecule has 0 aliphatic heterocycles. The van der Waals surface area contributed by atoms with Crippen LogP contribution in [0, 0.1) is 0 Å². The maximum Gasteiger partial charge on any atom is 0.305 e. The van der Waals surface area contributed by atoms with Crippen LogP contribution in [0.1, 0.15) is 341 Å². The Labute approximate surface area is 467 Å². The van der Waals surface area contributed by atoms with Gasteiger partial charge in [-0.3, -0.25) is 9.59 Å². The number of allylic oxidation sites excluding steroid dienone is 9. The molecule has 2 atom stereocenters.